The average molecular weight is 290 g/mol. The van der Waals surface area contributed by atoms with Gasteiger partial charge in [-0.25, -0.2) is 4.39 Å². The van der Waals surface area contributed by atoms with E-state index in [2.05, 4.69) is 21.2 Å². The van der Waals surface area contributed by atoms with E-state index in [0.29, 0.717) is 0 Å². The molecule has 1 aromatic carbocycles. The topological polar surface area (TPSA) is 49.3 Å². The minimum Gasteiger partial charge on any atom is -0.386 e. The summed E-state index contributed by atoms with van der Waals surface area (Å²) in [6.45, 7) is 1.67. The molecule has 16 heavy (non-hydrogen) atoms. The van der Waals surface area contributed by atoms with Crippen LogP contribution in [0.5, 0.6) is 0 Å². The van der Waals surface area contributed by atoms with Crippen LogP contribution in [-0.2, 0) is 4.79 Å². The number of carbonyl (C=O) groups excluding carboxylic acids is 1. The van der Waals surface area contributed by atoms with E-state index < -0.39 is 11.9 Å². The van der Waals surface area contributed by atoms with Gasteiger partial charge in [-0.2, -0.15) is 0 Å². The van der Waals surface area contributed by atoms with E-state index in [4.69, 9.17) is 0 Å². The van der Waals surface area contributed by atoms with Gasteiger partial charge in [-0.3, -0.25) is 4.79 Å². The highest BCUT2D eigenvalue weighted by molar-refractivity contribution is 9.10. The molecular weight excluding hydrogens is 277 g/mol. The Hall–Kier alpha value is -0.940. The molecule has 88 valence electrons. The number of rotatable bonds is 4. The van der Waals surface area contributed by atoms with E-state index in [1.54, 1.807) is 19.1 Å². The Balaban J connectivity index is 2.56. The number of hydrogen-bond acceptors (Lipinski definition) is 2. The van der Waals surface area contributed by atoms with Crippen molar-refractivity contribution in [2.75, 3.05) is 6.54 Å². The number of benzene rings is 1. The quantitative estimate of drug-likeness (QED) is 0.830. The van der Waals surface area contributed by atoms with Gasteiger partial charge in [0, 0.05) is 12.1 Å². The number of hydrogen-bond donors (Lipinski definition) is 2. The molecule has 0 spiro atoms. The number of halogens is 2. The lowest BCUT2D eigenvalue weighted by Gasteiger charge is -2.13. The van der Waals surface area contributed by atoms with E-state index >= 15 is 0 Å². The summed E-state index contributed by atoms with van der Waals surface area (Å²) in [5.74, 6) is -0.716. The SMILES string of the molecule is C[C@@H](Br)C(=O)NC[C@H](O)c1ccccc1F. The fourth-order valence-corrected chi connectivity index (χ4v) is 1.36. The first kappa shape index (κ1) is 13.1. The molecule has 2 atom stereocenters. The molecule has 0 bridgehead atoms. The predicted octanol–water partition coefficient (Wildman–Crippen LogP) is 1.76. The van der Waals surface area contributed by atoms with Crippen LogP contribution in [0.25, 0.3) is 0 Å². The number of aliphatic hydroxyl groups is 1. The van der Waals surface area contributed by atoms with Crippen molar-refractivity contribution in [2.45, 2.75) is 17.9 Å². The maximum Gasteiger partial charge on any atom is 0.233 e. The molecule has 0 aliphatic carbocycles. The predicted molar refractivity (Wildman–Crippen MR) is 62.8 cm³/mol. The van der Waals surface area contributed by atoms with E-state index in [9.17, 15) is 14.3 Å². The zero-order valence-electron chi connectivity index (χ0n) is 8.78. The van der Waals surface area contributed by atoms with Crippen molar-refractivity contribution >= 4 is 21.8 Å². The van der Waals surface area contributed by atoms with Crippen LogP contribution in [0, 0.1) is 5.82 Å². The molecule has 0 saturated carbocycles. The fourth-order valence-electron chi connectivity index (χ4n) is 1.19. The van der Waals surface area contributed by atoms with Crippen molar-refractivity contribution in [1.29, 1.82) is 0 Å². The maximum absolute atomic E-state index is 13.2. The number of alkyl halides is 1. The number of aliphatic hydroxyl groups excluding tert-OH is 1. The number of amides is 1. The van der Waals surface area contributed by atoms with Gasteiger partial charge in [0.2, 0.25) is 5.91 Å². The van der Waals surface area contributed by atoms with Crippen molar-refractivity contribution in [3.8, 4) is 0 Å². The van der Waals surface area contributed by atoms with Gasteiger partial charge in [0.25, 0.3) is 0 Å². The third-order valence-electron chi connectivity index (χ3n) is 2.10. The van der Waals surface area contributed by atoms with Gasteiger partial charge in [0.15, 0.2) is 0 Å². The molecule has 0 radical (unpaired) electrons. The molecular formula is C11H13BrFNO2. The Morgan fingerprint density at radius 1 is 1.56 bits per heavy atom. The van der Waals surface area contributed by atoms with Crippen molar-refractivity contribution < 1.29 is 14.3 Å². The summed E-state index contributed by atoms with van der Waals surface area (Å²) in [6.07, 6.45) is -1.03. The van der Waals surface area contributed by atoms with Crippen LogP contribution in [0.1, 0.15) is 18.6 Å². The standard InChI is InChI=1S/C11H13BrFNO2/c1-7(12)11(16)14-6-10(15)8-4-2-3-5-9(8)13/h2-5,7,10,15H,6H2,1H3,(H,14,16)/t7-,10+/m1/s1. The fraction of sp³-hybridized carbons (Fsp3) is 0.364. The van der Waals surface area contributed by atoms with Gasteiger partial charge < -0.3 is 10.4 Å². The van der Waals surface area contributed by atoms with Gasteiger partial charge in [0.1, 0.15) is 5.82 Å². The van der Waals surface area contributed by atoms with Gasteiger partial charge in [0.05, 0.1) is 10.9 Å². The zero-order chi connectivity index (χ0) is 12.1. The van der Waals surface area contributed by atoms with Gasteiger partial charge in [-0.15, -0.1) is 0 Å². The summed E-state index contributed by atoms with van der Waals surface area (Å²) < 4.78 is 13.2. The lowest BCUT2D eigenvalue weighted by molar-refractivity contribution is -0.120. The highest BCUT2D eigenvalue weighted by Crippen LogP contribution is 2.15. The summed E-state index contributed by atoms with van der Waals surface area (Å²) in [6, 6.07) is 5.94. The van der Waals surface area contributed by atoms with Crippen LogP contribution in [0.2, 0.25) is 0 Å². The molecule has 0 fully saturated rings. The normalized spacial score (nSPS) is 14.2. The second-order valence-electron chi connectivity index (χ2n) is 3.40. The van der Waals surface area contributed by atoms with Gasteiger partial charge >= 0.3 is 0 Å². The first-order valence-electron chi connectivity index (χ1n) is 4.86. The molecule has 0 aliphatic heterocycles. The minimum absolute atomic E-state index is 0.00426. The van der Waals surface area contributed by atoms with E-state index in [-0.39, 0.29) is 22.8 Å². The van der Waals surface area contributed by atoms with Crippen LogP contribution >= 0.6 is 15.9 Å². The molecule has 1 aromatic rings. The average Bonchev–Trinajstić information content (AvgIpc) is 2.25. The molecule has 2 N–H and O–H groups in total. The number of nitrogens with one attached hydrogen (secondary N) is 1. The second kappa shape index (κ2) is 5.96. The minimum atomic E-state index is -1.03. The van der Waals surface area contributed by atoms with Crippen molar-refractivity contribution in [1.82, 2.24) is 5.32 Å². The maximum atomic E-state index is 13.2. The molecule has 1 rings (SSSR count). The molecule has 0 aliphatic rings. The van der Waals surface area contributed by atoms with E-state index in [0.717, 1.165) is 0 Å². The van der Waals surface area contributed by atoms with Crippen molar-refractivity contribution in [3.05, 3.63) is 35.6 Å². The van der Waals surface area contributed by atoms with Crippen LogP contribution in [0.4, 0.5) is 4.39 Å². The second-order valence-corrected chi connectivity index (χ2v) is 4.77. The van der Waals surface area contributed by atoms with Crippen molar-refractivity contribution in [3.63, 3.8) is 0 Å². The molecule has 0 unspecified atom stereocenters. The van der Waals surface area contributed by atoms with Crippen LogP contribution in [0.3, 0.4) is 0 Å². The first-order valence-corrected chi connectivity index (χ1v) is 5.78. The van der Waals surface area contributed by atoms with Gasteiger partial charge in [-0.05, 0) is 13.0 Å². The zero-order valence-corrected chi connectivity index (χ0v) is 10.4. The Morgan fingerprint density at radius 3 is 2.75 bits per heavy atom. The Morgan fingerprint density at radius 2 is 2.19 bits per heavy atom. The molecule has 0 aromatic heterocycles. The monoisotopic (exact) mass is 289 g/mol. The Bertz CT molecular complexity index is 371. The van der Waals surface area contributed by atoms with Crippen LogP contribution < -0.4 is 5.32 Å². The van der Waals surface area contributed by atoms with E-state index in [1.165, 1.54) is 12.1 Å². The summed E-state index contributed by atoms with van der Waals surface area (Å²) in [5, 5.41) is 12.2. The largest absolute Gasteiger partial charge is 0.386 e. The van der Waals surface area contributed by atoms with E-state index in [1.807, 2.05) is 0 Å². The molecule has 3 nitrogen and oxygen atoms in total. The molecule has 5 heteroatoms. The highest BCUT2D eigenvalue weighted by atomic mass is 79.9. The summed E-state index contributed by atoms with van der Waals surface area (Å²) in [5.41, 5.74) is 0.185. The Labute approximate surface area is 102 Å². The van der Waals surface area contributed by atoms with Crippen LogP contribution in [-0.4, -0.2) is 22.4 Å². The highest BCUT2D eigenvalue weighted by Gasteiger charge is 2.14. The molecule has 0 saturated heterocycles. The molecule has 0 heterocycles. The molecule has 1 amide bonds. The first-order chi connectivity index (χ1) is 7.52. The Kier molecular flexibility index (Phi) is 4.89. The third kappa shape index (κ3) is 3.57. The summed E-state index contributed by atoms with van der Waals surface area (Å²) >= 11 is 3.09. The van der Waals surface area contributed by atoms with Crippen LogP contribution in [0.15, 0.2) is 24.3 Å². The van der Waals surface area contributed by atoms with Crippen molar-refractivity contribution in [2.24, 2.45) is 0 Å². The smallest absolute Gasteiger partial charge is 0.233 e. The third-order valence-corrected chi connectivity index (χ3v) is 2.51. The summed E-state index contributed by atoms with van der Waals surface area (Å²) in [4.78, 5) is 10.9. The lowest BCUT2D eigenvalue weighted by Crippen LogP contribution is -2.33. The summed E-state index contributed by atoms with van der Waals surface area (Å²) in [7, 11) is 0. The number of carbonyl (C=O) groups is 1. The lowest BCUT2D eigenvalue weighted by atomic mass is 10.1. The van der Waals surface area contributed by atoms with Gasteiger partial charge in [-0.1, -0.05) is 34.1 Å².